The SMILES string of the molecule is CC(C)(C)c1ccnc(-c2ccnc3c4c(sc23)CCCC4)c1. The number of rotatable bonds is 1. The quantitative estimate of drug-likeness (QED) is 0.588. The molecule has 3 heterocycles. The molecule has 0 bridgehead atoms. The van der Waals surface area contributed by atoms with E-state index in [1.165, 1.54) is 57.5 Å². The Labute approximate surface area is 141 Å². The van der Waals surface area contributed by atoms with Gasteiger partial charge in [-0.3, -0.25) is 9.97 Å². The Morgan fingerprint density at radius 3 is 2.61 bits per heavy atom. The van der Waals surface area contributed by atoms with Crippen LogP contribution in [0.3, 0.4) is 0 Å². The summed E-state index contributed by atoms with van der Waals surface area (Å²) in [5, 5.41) is 0. The molecule has 1 aliphatic rings. The van der Waals surface area contributed by atoms with E-state index in [2.05, 4.69) is 44.0 Å². The van der Waals surface area contributed by atoms with Gasteiger partial charge in [0.1, 0.15) is 0 Å². The first-order chi connectivity index (χ1) is 11.0. The van der Waals surface area contributed by atoms with Crippen molar-refractivity contribution in [2.75, 3.05) is 0 Å². The monoisotopic (exact) mass is 322 g/mol. The standard InChI is InChI=1S/C20H22N2S/c1-20(2,3)13-8-10-21-16(12-13)14-9-11-22-18-15-6-4-5-7-17(15)23-19(14)18/h8-12H,4-7H2,1-3H3. The predicted molar refractivity (Wildman–Crippen MR) is 98.2 cm³/mol. The molecule has 0 radical (unpaired) electrons. The van der Waals surface area contributed by atoms with Gasteiger partial charge >= 0.3 is 0 Å². The molecule has 0 spiro atoms. The molecule has 3 heteroatoms. The molecule has 0 aliphatic heterocycles. The fourth-order valence-corrected chi connectivity index (χ4v) is 4.75. The van der Waals surface area contributed by atoms with Crippen LogP contribution >= 0.6 is 11.3 Å². The number of thiophene rings is 1. The molecule has 0 aromatic carbocycles. The number of hydrogen-bond acceptors (Lipinski definition) is 3. The Balaban J connectivity index is 1.91. The molecule has 118 valence electrons. The van der Waals surface area contributed by atoms with E-state index in [0.717, 1.165) is 5.69 Å². The van der Waals surface area contributed by atoms with Crippen LogP contribution in [0.25, 0.3) is 21.5 Å². The van der Waals surface area contributed by atoms with Crippen LogP contribution in [0.2, 0.25) is 0 Å². The topological polar surface area (TPSA) is 25.8 Å². The molecule has 0 fully saturated rings. The van der Waals surface area contributed by atoms with Gasteiger partial charge < -0.3 is 0 Å². The minimum Gasteiger partial charge on any atom is -0.256 e. The van der Waals surface area contributed by atoms with Crippen molar-refractivity contribution in [1.29, 1.82) is 0 Å². The Hall–Kier alpha value is -1.74. The third kappa shape index (κ3) is 2.57. The van der Waals surface area contributed by atoms with Crippen molar-refractivity contribution in [2.45, 2.75) is 51.9 Å². The molecule has 0 N–H and O–H groups in total. The average Bonchev–Trinajstić information content (AvgIpc) is 2.93. The van der Waals surface area contributed by atoms with Crippen molar-refractivity contribution in [1.82, 2.24) is 9.97 Å². The second-order valence-corrected chi connectivity index (χ2v) is 8.53. The normalized spacial score (nSPS) is 14.9. The molecule has 1 aliphatic carbocycles. The Morgan fingerprint density at radius 1 is 1.00 bits per heavy atom. The van der Waals surface area contributed by atoms with Gasteiger partial charge in [-0.25, -0.2) is 0 Å². The first kappa shape index (κ1) is 14.8. The molecule has 0 unspecified atom stereocenters. The molecule has 0 saturated carbocycles. The molecule has 0 amide bonds. The number of hydrogen-bond donors (Lipinski definition) is 0. The summed E-state index contributed by atoms with van der Waals surface area (Å²) in [6.07, 6.45) is 8.89. The van der Waals surface area contributed by atoms with Crippen LogP contribution in [-0.4, -0.2) is 9.97 Å². The summed E-state index contributed by atoms with van der Waals surface area (Å²) in [5.74, 6) is 0. The number of aryl methyl sites for hydroxylation is 2. The number of fused-ring (bicyclic) bond motifs is 3. The minimum atomic E-state index is 0.137. The maximum atomic E-state index is 4.69. The van der Waals surface area contributed by atoms with E-state index in [1.807, 2.05) is 23.7 Å². The molecular weight excluding hydrogens is 300 g/mol. The van der Waals surface area contributed by atoms with Crippen LogP contribution in [0.5, 0.6) is 0 Å². The van der Waals surface area contributed by atoms with E-state index < -0.39 is 0 Å². The van der Waals surface area contributed by atoms with E-state index >= 15 is 0 Å². The zero-order valence-electron chi connectivity index (χ0n) is 14.0. The lowest BCUT2D eigenvalue weighted by atomic mass is 9.87. The van der Waals surface area contributed by atoms with Crippen LogP contribution in [0.1, 0.15) is 49.6 Å². The fraction of sp³-hybridized carbons (Fsp3) is 0.400. The molecule has 3 aromatic rings. The molecule has 4 rings (SSSR count). The minimum absolute atomic E-state index is 0.137. The summed E-state index contributed by atoms with van der Waals surface area (Å²) >= 11 is 1.93. The summed E-state index contributed by atoms with van der Waals surface area (Å²) in [7, 11) is 0. The lowest BCUT2D eigenvalue weighted by Gasteiger charge is -2.19. The van der Waals surface area contributed by atoms with Crippen LogP contribution < -0.4 is 0 Å². The zero-order valence-corrected chi connectivity index (χ0v) is 14.8. The van der Waals surface area contributed by atoms with Crippen molar-refractivity contribution >= 4 is 21.6 Å². The van der Waals surface area contributed by atoms with Crippen molar-refractivity contribution in [3.05, 3.63) is 46.6 Å². The zero-order chi connectivity index (χ0) is 16.0. The van der Waals surface area contributed by atoms with Crippen LogP contribution in [0, 0.1) is 0 Å². The lowest BCUT2D eigenvalue weighted by molar-refractivity contribution is 0.589. The van der Waals surface area contributed by atoms with Crippen molar-refractivity contribution in [3.8, 4) is 11.3 Å². The summed E-state index contributed by atoms with van der Waals surface area (Å²) in [6.45, 7) is 6.74. The summed E-state index contributed by atoms with van der Waals surface area (Å²) in [5.41, 5.74) is 6.48. The predicted octanol–water partition coefficient (Wildman–Crippen LogP) is 5.53. The van der Waals surface area contributed by atoms with Gasteiger partial charge in [0.05, 0.1) is 15.9 Å². The van der Waals surface area contributed by atoms with E-state index in [9.17, 15) is 0 Å². The average molecular weight is 322 g/mol. The molecular formula is C20H22N2S. The van der Waals surface area contributed by atoms with Gasteiger partial charge in [-0.2, -0.15) is 0 Å². The third-order valence-corrected chi connectivity index (χ3v) is 6.05. The number of aromatic nitrogens is 2. The Bertz CT molecular complexity index is 871. The highest BCUT2D eigenvalue weighted by Gasteiger charge is 2.20. The van der Waals surface area contributed by atoms with Gasteiger partial charge in [0.2, 0.25) is 0 Å². The smallest absolute Gasteiger partial charge is 0.0851 e. The van der Waals surface area contributed by atoms with Gasteiger partial charge in [-0.15, -0.1) is 11.3 Å². The van der Waals surface area contributed by atoms with Crippen LogP contribution in [-0.2, 0) is 18.3 Å². The van der Waals surface area contributed by atoms with E-state index in [-0.39, 0.29) is 5.41 Å². The van der Waals surface area contributed by atoms with E-state index in [0.29, 0.717) is 0 Å². The van der Waals surface area contributed by atoms with Crippen molar-refractivity contribution in [3.63, 3.8) is 0 Å². The molecule has 3 aromatic heterocycles. The first-order valence-corrected chi connectivity index (χ1v) is 9.22. The molecule has 23 heavy (non-hydrogen) atoms. The molecule has 0 atom stereocenters. The summed E-state index contributed by atoms with van der Waals surface area (Å²) < 4.78 is 1.32. The highest BCUT2D eigenvalue weighted by molar-refractivity contribution is 7.19. The van der Waals surface area contributed by atoms with Gasteiger partial charge in [-0.1, -0.05) is 20.8 Å². The lowest BCUT2D eigenvalue weighted by Crippen LogP contribution is -2.11. The van der Waals surface area contributed by atoms with Crippen LogP contribution in [0.15, 0.2) is 30.6 Å². The van der Waals surface area contributed by atoms with Crippen LogP contribution in [0.4, 0.5) is 0 Å². The summed E-state index contributed by atoms with van der Waals surface area (Å²) in [6, 6.07) is 6.49. The third-order valence-electron chi connectivity index (χ3n) is 4.73. The highest BCUT2D eigenvalue weighted by atomic mass is 32.1. The van der Waals surface area contributed by atoms with Gasteiger partial charge in [0, 0.05) is 22.8 Å². The van der Waals surface area contributed by atoms with Gasteiger partial charge in [0.15, 0.2) is 0 Å². The second-order valence-electron chi connectivity index (χ2n) is 7.43. The second kappa shape index (κ2) is 5.41. The van der Waals surface area contributed by atoms with E-state index in [4.69, 9.17) is 4.98 Å². The highest BCUT2D eigenvalue weighted by Crippen LogP contribution is 2.40. The fourth-order valence-electron chi connectivity index (χ4n) is 3.38. The number of pyridine rings is 2. The first-order valence-electron chi connectivity index (χ1n) is 8.40. The maximum absolute atomic E-state index is 4.69. The van der Waals surface area contributed by atoms with Gasteiger partial charge in [-0.05, 0) is 60.4 Å². The molecule has 2 nitrogen and oxygen atoms in total. The van der Waals surface area contributed by atoms with Crippen molar-refractivity contribution in [2.24, 2.45) is 0 Å². The largest absolute Gasteiger partial charge is 0.256 e. The summed E-state index contributed by atoms with van der Waals surface area (Å²) in [4.78, 5) is 10.9. The Kier molecular flexibility index (Phi) is 3.49. The Morgan fingerprint density at radius 2 is 1.78 bits per heavy atom. The van der Waals surface area contributed by atoms with E-state index in [1.54, 1.807) is 0 Å². The molecule has 0 saturated heterocycles. The number of nitrogens with zero attached hydrogens (tertiary/aromatic N) is 2. The maximum Gasteiger partial charge on any atom is 0.0851 e. The van der Waals surface area contributed by atoms with Crippen molar-refractivity contribution < 1.29 is 0 Å². The van der Waals surface area contributed by atoms with Gasteiger partial charge in [0.25, 0.3) is 0 Å².